The molecular formula is C12H19FN2O. The largest absolute Gasteiger partial charge is 0.377 e. The van der Waals surface area contributed by atoms with Crippen molar-refractivity contribution in [2.24, 2.45) is 5.84 Å². The van der Waals surface area contributed by atoms with Crippen molar-refractivity contribution in [2.45, 2.75) is 32.9 Å². The summed E-state index contributed by atoms with van der Waals surface area (Å²) in [4.78, 5) is 0. The number of halogens is 1. The quantitative estimate of drug-likeness (QED) is 0.597. The third-order valence-electron chi connectivity index (χ3n) is 2.39. The summed E-state index contributed by atoms with van der Waals surface area (Å²) in [6, 6.07) is 4.95. The van der Waals surface area contributed by atoms with Gasteiger partial charge in [0.25, 0.3) is 0 Å². The van der Waals surface area contributed by atoms with Gasteiger partial charge >= 0.3 is 0 Å². The molecule has 0 aromatic heterocycles. The van der Waals surface area contributed by atoms with Gasteiger partial charge in [0.1, 0.15) is 5.82 Å². The number of hydrogen-bond acceptors (Lipinski definition) is 3. The zero-order valence-corrected chi connectivity index (χ0v) is 9.96. The SMILES string of the molecule is Cc1cccc(C(COC(C)C)NN)c1F. The highest BCUT2D eigenvalue weighted by molar-refractivity contribution is 5.27. The van der Waals surface area contributed by atoms with Gasteiger partial charge < -0.3 is 4.74 Å². The third kappa shape index (κ3) is 3.27. The standard InChI is InChI=1S/C12H19FN2O/c1-8(2)16-7-11(15-14)10-6-4-5-9(3)12(10)13/h4-6,8,11,15H,7,14H2,1-3H3. The molecule has 16 heavy (non-hydrogen) atoms. The van der Waals surface area contributed by atoms with Crippen LogP contribution in [0.15, 0.2) is 18.2 Å². The average Bonchev–Trinajstić information content (AvgIpc) is 2.24. The molecule has 4 heteroatoms. The van der Waals surface area contributed by atoms with Crippen LogP contribution in [0.2, 0.25) is 0 Å². The van der Waals surface area contributed by atoms with Gasteiger partial charge in [0.15, 0.2) is 0 Å². The van der Waals surface area contributed by atoms with Crippen LogP contribution < -0.4 is 11.3 Å². The topological polar surface area (TPSA) is 47.3 Å². The van der Waals surface area contributed by atoms with Gasteiger partial charge in [-0.25, -0.2) is 4.39 Å². The molecule has 0 amide bonds. The predicted octanol–water partition coefficient (Wildman–Crippen LogP) is 2.06. The molecule has 1 aromatic rings. The van der Waals surface area contributed by atoms with E-state index in [1.54, 1.807) is 19.1 Å². The number of nitrogens with one attached hydrogen (secondary N) is 1. The number of ether oxygens (including phenoxy) is 1. The Morgan fingerprint density at radius 1 is 1.44 bits per heavy atom. The summed E-state index contributed by atoms with van der Waals surface area (Å²) in [5.74, 6) is 5.19. The van der Waals surface area contributed by atoms with Crippen LogP contribution in [0.1, 0.15) is 31.0 Å². The molecule has 0 radical (unpaired) electrons. The van der Waals surface area contributed by atoms with E-state index in [4.69, 9.17) is 10.6 Å². The van der Waals surface area contributed by atoms with Crippen LogP contribution >= 0.6 is 0 Å². The minimum atomic E-state index is -0.317. The Hall–Kier alpha value is -0.970. The Labute approximate surface area is 95.8 Å². The Bertz CT molecular complexity index is 342. The number of aryl methyl sites for hydroxylation is 1. The van der Waals surface area contributed by atoms with Crippen molar-refractivity contribution in [3.63, 3.8) is 0 Å². The van der Waals surface area contributed by atoms with Crippen LogP contribution in [0, 0.1) is 12.7 Å². The molecular weight excluding hydrogens is 207 g/mol. The minimum Gasteiger partial charge on any atom is -0.377 e. The lowest BCUT2D eigenvalue weighted by Gasteiger charge is -2.19. The first-order valence-electron chi connectivity index (χ1n) is 5.39. The maximum absolute atomic E-state index is 13.8. The lowest BCUT2D eigenvalue weighted by molar-refractivity contribution is 0.0604. The van der Waals surface area contributed by atoms with Crippen molar-refractivity contribution < 1.29 is 9.13 Å². The van der Waals surface area contributed by atoms with Crippen molar-refractivity contribution in [3.05, 3.63) is 35.1 Å². The van der Waals surface area contributed by atoms with Crippen molar-refractivity contribution in [1.82, 2.24) is 5.43 Å². The van der Waals surface area contributed by atoms with Gasteiger partial charge in [-0.1, -0.05) is 18.2 Å². The van der Waals surface area contributed by atoms with Gasteiger partial charge in [0.05, 0.1) is 18.8 Å². The molecule has 0 saturated heterocycles. The molecule has 0 bridgehead atoms. The van der Waals surface area contributed by atoms with Crippen molar-refractivity contribution in [2.75, 3.05) is 6.61 Å². The van der Waals surface area contributed by atoms with E-state index in [2.05, 4.69) is 5.43 Å². The van der Waals surface area contributed by atoms with Crippen LogP contribution in [0.25, 0.3) is 0 Å². The van der Waals surface area contributed by atoms with Gasteiger partial charge in [-0.2, -0.15) is 0 Å². The molecule has 0 aliphatic carbocycles. The summed E-state index contributed by atoms with van der Waals surface area (Å²) in [5.41, 5.74) is 3.73. The molecule has 1 rings (SSSR count). The Morgan fingerprint density at radius 2 is 2.12 bits per heavy atom. The van der Waals surface area contributed by atoms with Crippen LogP contribution in [-0.2, 0) is 4.74 Å². The number of rotatable bonds is 5. The fraction of sp³-hybridized carbons (Fsp3) is 0.500. The average molecular weight is 226 g/mol. The monoisotopic (exact) mass is 226 g/mol. The first-order chi connectivity index (χ1) is 7.56. The maximum atomic E-state index is 13.8. The zero-order chi connectivity index (χ0) is 12.1. The molecule has 3 nitrogen and oxygen atoms in total. The molecule has 0 saturated carbocycles. The van der Waals surface area contributed by atoms with Crippen molar-refractivity contribution >= 4 is 0 Å². The molecule has 0 fully saturated rings. The van der Waals surface area contributed by atoms with E-state index < -0.39 is 0 Å². The van der Waals surface area contributed by atoms with Gasteiger partial charge in [0.2, 0.25) is 0 Å². The number of nitrogens with two attached hydrogens (primary N) is 1. The molecule has 0 spiro atoms. The first kappa shape index (κ1) is 13.1. The van der Waals surface area contributed by atoms with E-state index in [-0.39, 0.29) is 18.0 Å². The Kier molecular flexibility index (Phi) is 4.86. The van der Waals surface area contributed by atoms with Gasteiger partial charge in [-0.3, -0.25) is 11.3 Å². The summed E-state index contributed by atoms with van der Waals surface area (Å²) >= 11 is 0. The molecule has 0 heterocycles. The molecule has 0 aliphatic rings. The third-order valence-corrected chi connectivity index (χ3v) is 2.39. The van der Waals surface area contributed by atoms with E-state index in [1.807, 2.05) is 19.9 Å². The molecule has 1 atom stereocenters. The lowest BCUT2D eigenvalue weighted by Crippen LogP contribution is -2.33. The second-order valence-corrected chi connectivity index (χ2v) is 4.08. The summed E-state index contributed by atoms with van der Waals surface area (Å²) in [5, 5.41) is 0. The van der Waals surface area contributed by atoms with Crippen LogP contribution in [-0.4, -0.2) is 12.7 Å². The number of hydrogen-bond donors (Lipinski definition) is 2. The van der Waals surface area contributed by atoms with E-state index in [0.29, 0.717) is 17.7 Å². The predicted molar refractivity (Wildman–Crippen MR) is 62.3 cm³/mol. The smallest absolute Gasteiger partial charge is 0.131 e. The number of hydrazine groups is 1. The summed E-state index contributed by atoms with van der Waals surface area (Å²) in [6.07, 6.45) is 0.101. The van der Waals surface area contributed by atoms with E-state index in [1.165, 1.54) is 0 Å². The second kappa shape index (κ2) is 5.94. The maximum Gasteiger partial charge on any atom is 0.131 e. The van der Waals surface area contributed by atoms with E-state index >= 15 is 0 Å². The van der Waals surface area contributed by atoms with Crippen molar-refractivity contribution in [3.8, 4) is 0 Å². The van der Waals surface area contributed by atoms with Crippen LogP contribution in [0.3, 0.4) is 0 Å². The highest BCUT2D eigenvalue weighted by atomic mass is 19.1. The molecule has 3 N–H and O–H groups in total. The molecule has 0 aliphatic heterocycles. The fourth-order valence-electron chi connectivity index (χ4n) is 1.46. The zero-order valence-electron chi connectivity index (χ0n) is 9.96. The van der Waals surface area contributed by atoms with Crippen LogP contribution in [0.5, 0.6) is 0 Å². The van der Waals surface area contributed by atoms with Crippen LogP contribution in [0.4, 0.5) is 4.39 Å². The molecule has 90 valence electrons. The van der Waals surface area contributed by atoms with E-state index in [0.717, 1.165) is 0 Å². The van der Waals surface area contributed by atoms with E-state index in [9.17, 15) is 4.39 Å². The first-order valence-corrected chi connectivity index (χ1v) is 5.39. The second-order valence-electron chi connectivity index (χ2n) is 4.08. The molecule has 1 unspecified atom stereocenters. The minimum absolute atomic E-state index is 0.101. The van der Waals surface area contributed by atoms with Gasteiger partial charge in [0, 0.05) is 5.56 Å². The highest BCUT2D eigenvalue weighted by Gasteiger charge is 2.16. The summed E-state index contributed by atoms with van der Waals surface area (Å²) < 4.78 is 19.2. The fourth-order valence-corrected chi connectivity index (χ4v) is 1.46. The number of benzene rings is 1. The van der Waals surface area contributed by atoms with Gasteiger partial charge in [-0.05, 0) is 26.3 Å². The summed E-state index contributed by atoms with van der Waals surface area (Å²) in [6.45, 7) is 5.95. The Balaban J connectivity index is 2.82. The highest BCUT2D eigenvalue weighted by Crippen LogP contribution is 2.19. The summed E-state index contributed by atoms with van der Waals surface area (Å²) in [7, 11) is 0. The Morgan fingerprint density at radius 3 is 2.69 bits per heavy atom. The van der Waals surface area contributed by atoms with Crippen molar-refractivity contribution in [1.29, 1.82) is 0 Å². The van der Waals surface area contributed by atoms with Gasteiger partial charge in [-0.15, -0.1) is 0 Å². The molecule has 1 aromatic carbocycles. The normalized spacial score (nSPS) is 13.1. The lowest BCUT2D eigenvalue weighted by atomic mass is 10.0.